The van der Waals surface area contributed by atoms with Crippen LogP contribution in [0.4, 0.5) is 5.82 Å². The Hall–Kier alpha value is -0.800. The Labute approximate surface area is 108 Å². The molecule has 1 N–H and O–H groups in total. The summed E-state index contributed by atoms with van der Waals surface area (Å²) in [7, 11) is 4.34. The van der Waals surface area contributed by atoms with Crippen molar-refractivity contribution in [2.24, 2.45) is 0 Å². The monoisotopic (exact) mass is 253 g/mol. The largest absolute Gasteiger partial charge is 0.368 e. The Morgan fingerprint density at radius 3 is 2.59 bits per heavy atom. The number of anilines is 1. The second-order valence-corrected chi connectivity index (χ2v) is 5.48. The standard InChI is InChI=1S/C13H20ClN3/c1-17(2)13(7-3-4-8-13)10-16-12-6-5-11(14)9-15-12/h5-6,9H,3-4,7-8,10H2,1-2H3,(H,15,16). The van der Waals surface area contributed by atoms with Crippen molar-refractivity contribution in [3.8, 4) is 0 Å². The maximum absolute atomic E-state index is 5.82. The summed E-state index contributed by atoms with van der Waals surface area (Å²) < 4.78 is 0. The van der Waals surface area contributed by atoms with Crippen molar-refractivity contribution in [2.75, 3.05) is 26.0 Å². The van der Waals surface area contributed by atoms with Crippen LogP contribution >= 0.6 is 11.6 Å². The average molecular weight is 254 g/mol. The van der Waals surface area contributed by atoms with Crippen molar-refractivity contribution in [1.82, 2.24) is 9.88 Å². The van der Waals surface area contributed by atoms with Crippen LogP contribution in [0.25, 0.3) is 0 Å². The number of likely N-dealkylation sites (N-methyl/N-ethyl adjacent to an activating group) is 1. The summed E-state index contributed by atoms with van der Waals surface area (Å²) in [5.41, 5.74) is 0.293. The molecule has 0 amide bonds. The highest BCUT2D eigenvalue weighted by atomic mass is 35.5. The van der Waals surface area contributed by atoms with E-state index in [-0.39, 0.29) is 0 Å². The Morgan fingerprint density at radius 2 is 2.06 bits per heavy atom. The first-order valence-electron chi connectivity index (χ1n) is 6.15. The Bertz CT molecular complexity index is 355. The molecule has 0 aliphatic heterocycles. The fraction of sp³-hybridized carbons (Fsp3) is 0.615. The smallest absolute Gasteiger partial charge is 0.126 e. The molecule has 17 heavy (non-hydrogen) atoms. The van der Waals surface area contributed by atoms with Gasteiger partial charge in [-0.15, -0.1) is 0 Å². The quantitative estimate of drug-likeness (QED) is 0.894. The van der Waals surface area contributed by atoms with Crippen molar-refractivity contribution in [2.45, 2.75) is 31.2 Å². The number of hydrogen-bond acceptors (Lipinski definition) is 3. The van der Waals surface area contributed by atoms with E-state index < -0.39 is 0 Å². The molecule has 0 spiro atoms. The predicted molar refractivity (Wildman–Crippen MR) is 72.6 cm³/mol. The summed E-state index contributed by atoms with van der Waals surface area (Å²) in [6, 6.07) is 3.80. The Balaban J connectivity index is 1.98. The molecule has 0 unspecified atom stereocenters. The number of pyridine rings is 1. The molecule has 0 saturated heterocycles. The second kappa shape index (κ2) is 5.23. The first-order chi connectivity index (χ1) is 8.12. The van der Waals surface area contributed by atoms with Crippen LogP contribution in [0.5, 0.6) is 0 Å². The zero-order valence-corrected chi connectivity index (χ0v) is 11.3. The SMILES string of the molecule is CN(C)C1(CNc2ccc(Cl)cn2)CCCC1. The molecule has 3 nitrogen and oxygen atoms in total. The van der Waals surface area contributed by atoms with E-state index in [0.717, 1.165) is 12.4 Å². The third-order valence-electron chi connectivity index (χ3n) is 3.81. The highest BCUT2D eigenvalue weighted by Crippen LogP contribution is 2.33. The summed E-state index contributed by atoms with van der Waals surface area (Å²) in [5.74, 6) is 0.905. The van der Waals surface area contributed by atoms with Gasteiger partial charge in [0.2, 0.25) is 0 Å². The molecule has 94 valence electrons. The highest BCUT2D eigenvalue weighted by Gasteiger charge is 2.35. The third kappa shape index (κ3) is 2.90. The number of rotatable bonds is 4. The molecular formula is C13H20ClN3. The maximum atomic E-state index is 5.82. The topological polar surface area (TPSA) is 28.2 Å². The lowest BCUT2D eigenvalue weighted by Crippen LogP contribution is -2.47. The number of nitrogens with one attached hydrogen (secondary N) is 1. The van der Waals surface area contributed by atoms with Gasteiger partial charge in [0, 0.05) is 18.3 Å². The van der Waals surface area contributed by atoms with Gasteiger partial charge in [-0.25, -0.2) is 4.98 Å². The van der Waals surface area contributed by atoms with Gasteiger partial charge in [-0.05, 0) is 39.1 Å². The van der Waals surface area contributed by atoms with Crippen LogP contribution in [0.15, 0.2) is 18.3 Å². The molecule has 0 aromatic carbocycles. The molecule has 1 aliphatic carbocycles. The molecule has 1 heterocycles. The van der Waals surface area contributed by atoms with Crippen LogP contribution in [-0.4, -0.2) is 36.1 Å². The molecule has 1 fully saturated rings. The van der Waals surface area contributed by atoms with E-state index >= 15 is 0 Å². The zero-order chi connectivity index (χ0) is 12.3. The van der Waals surface area contributed by atoms with Crippen LogP contribution in [-0.2, 0) is 0 Å². The van der Waals surface area contributed by atoms with E-state index in [9.17, 15) is 0 Å². The van der Waals surface area contributed by atoms with E-state index in [0.29, 0.717) is 10.6 Å². The minimum absolute atomic E-state index is 0.293. The van der Waals surface area contributed by atoms with Gasteiger partial charge in [-0.3, -0.25) is 0 Å². The summed E-state index contributed by atoms with van der Waals surface area (Å²) in [6.07, 6.45) is 6.86. The van der Waals surface area contributed by atoms with Gasteiger partial charge in [0.25, 0.3) is 0 Å². The van der Waals surface area contributed by atoms with Crippen LogP contribution in [0.1, 0.15) is 25.7 Å². The van der Waals surface area contributed by atoms with Crippen molar-refractivity contribution in [3.05, 3.63) is 23.4 Å². The first-order valence-corrected chi connectivity index (χ1v) is 6.53. The van der Waals surface area contributed by atoms with Crippen LogP contribution in [0, 0.1) is 0 Å². The van der Waals surface area contributed by atoms with E-state index in [4.69, 9.17) is 11.6 Å². The molecule has 1 saturated carbocycles. The fourth-order valence-electron chi connectivity index (χ4n) is 2.55. The zero-order valence-electron chi connectivity index (χ0n) is 10.5. The lowest BCUT2D eigenvalue weighted by atomic mass is 9.96. The first kappa shape index (κ1) is 12.7. The van der Waals surface area contributed by atoms with E-state index in [1.165, 1.54) is 25.7 Å². The Morgan fingerprint density at radius 1 is 1.35 bits per heavy atom. The van der Waals surface area contributed by atoms with Gasteiger partial charge in [0.05, 0.1) is 5.02 Å². The number of halogens is 1. The molecule has 1 aromatic rings. The van der Waals surface area contributed by atoms with E-state index in [1.807, 2.05) is 12.1 Å². The predicted octanol–water partition coefficient (Wildman–Crippen LogP) is 3.02. The molecule has 1 aromatic heterocycles. The van der Waals surface area contributed by atoms with Crippen LogP contribution in [0.2, 0.25) is 5.02 Å². The van der Waals surface area contributed by atoms with Gasteiger partial charge in [0.1, 0.15) is 5.82 Å². The van der Waals surface area contributed by atoms with Crippen LogP contribution < -0.4 is 5.32 Å². The lowest BCUT2D eigenvalue weighted by molar-refractivity contribution is 0.172. The van der Waals surface area contributed by atoms with Gasteiger partial charge in [-0.1, -0.05) is 24.4 Å². The molecule has 0 atom stereocenters. The molecule has 0 radical (unpaired) electrons. The van der Waals surface area contributed by atoms with Crippen molar-refractivity contribution >= 4 is 17.4 Å². The maximum Gasteiger partial charge on any atom is 0.126 e. The van der Waals surface area contributed by atoms with Crippen molar-refractivity contribution in [3.63, 3.8) is 0 Å². The van der Waals surface area contributed by atoms with Crippen LogP contribution in [0.3, 0.4) is 0 Å². The highest BCUT2D eigenvalue weighted by molar-refractivity contribution is 6.30. The summed E-state index contributed by atoms with van der Waals surface area (Å²) >= 11 is 5.82. The summed E-state index contributed by atoms with van der Waals surface area (Å²) in [5, 5.41) is 4.10. The third-order valence-corrected chi connectivity index (χ3v) is 4.03. The van der Waals surface area contributed by atoms with E-state index in [2.05, 4.69) is 29.3 Å². The van der Waals surface area contributed by atoms with E-state index in [1.54, 1.807) is 6.20 Å². The van der Waals surface area contributed by atoms with Gasteiger partial charge in [0.15, 0.2) is 0 Å². The molecule has 1 aliphatic rings. The average Bonchev–Trinajstić information content (AvgIpc) is 2.78. The lowest BCUT2D eigenvalue weighted by Gasteiger charge is -2.36. The molecule has 2 rings (SSSR count). The number of nitrogens with zero attached hydrogens (tertiary/aromatic N) is 2. The number of hydrogen-bond donors (Lipinski definition) is 1. The summed E-state index contributed by atoms with van der Waals surface area (Å²) in [6.45, 7) is 0.953. The summed E-state index contributed by atoms with van der Waals surface area (Å²) in [4.78, 5) is 6.62. The minimum Gasteiger partial charge on any atom is -0.368 e. The van der Waals surface area contributed by atoms with Gasteiger partial charge in [-0.2, -0.15) is 0 Å². The minimum atomic E-state index is 0.293. The molecular weight excluding hydrogens is 234 g/mol. The van der Waals surface area contributed by atoms with Gasteiger partial charge < -0.3 is 10.2 Å². The van der Waals surface area contributed by atoms with Crippen molar-refractivity contribution < 1.29 is 0 Å². The normalized spacial score (nSPS) is 18.6. The fourth-order valence-corrected chi connectivity index (χ4v) is 2.66. The van der Waals surface area contributed by atoms with Crippen molar-refractivity contribution in [1.29, 1.82) is 0 Å². The Kier molecular flexibility index (Phi) is 3.89. The molecule has 4 heteroatoms. The number of aromatic nitrogens is 1. The van der Waals surface area contributed by atoms with Gasteiger partial charge >= 0.3 is 0 Å². The molecule has 0 bridgehead atoms. The second-order valence-electron chi connectivity index (χ2n) is 5.04.